The number of ether oxygens (including phenoxy) is 2. The third-order valence-corrected chi connectivity index (χ3v) is 5.37. The Labute approximate surface area is 172 Å². The van der Waals surface area contributed by atoms with Crippen LogP contribution in [0.2, 0.25) is 0 Å². The molecule has 1 aliphatic rings. The molecule has 8 heteroatoms. The summed E-state index contributed by atoms with van der Waals surface area (Å²) in [7, 11) is 1.52. The van der Waals surface area contributed by atoms with E-state index in [9.17, 15) is 14.4 Å². The largest absolute Gasteiger partial charge is 0.497 e. The molecule has 1 amide bonds. The van der Waals surface area contributed by atoms with Gasteiger partial charge in [-0.2, -0.15) is 0 Å². The number of hydrogen-bond donors (Lipinski definition) is 0. The Morgan fingerprint density at radius 3 is 2.53 bits per heavy atom. The molecule has 0 aliphatic carbocycles. The number of hydrogen-bond acceptors (Lipinski definition) is 5. The minimum atomic E-state index is -0.780. The van der Waals surface area contributed by atoms with Gasteiger partial charge in [0.2, 0.25) is 5.91 Å². The molecule has 0 bridgehead atoms. The second-order valence-electron chi connectivity index (χ2n) is 7.13. The van der Waals surface area contributed by atoms with Gasteiger partial charge in [0.25, 0.3) is 5.56 Å². The van der Waals surface area contributed by atoms with E-state index < -0.39 is 17.3 Å². The van der Waals surface area contributed by atoms with E-state index in [1.165, 1.54) is 11.7 Å². The Bertz CT molecular complexity index is 1210. The number of morpholine rings is 1. The third-order valence-electron chi connectivity index (χ3n) is 5.37. The molecule has 3 aromatic rings. The van der Waals surface area contributed by atoms with E-state index in [2.05, 4.69) is 0 Å². The summed E-state index contributed by atoms with van der Waals surface area (Å²) in [6, 6.07) is 12.8. The highest BCUT2D eigenvalue weighted by molar-refractivity contribution is 5.84. The van der Waals surface area contributed by atoms with Crippen molar-refractivity contribution in [2.45, 2.75) is 13.0 Å². The molecule has 0 saturated carbocycles. The maximum Gasteiger partial charge on any atom is 0.336 e. The quantitative estimate of drug-likeness (QED) is 0.653. The summed E-state index contributed by atoms with van der Waals surface area (Å²) in [4.78, 5) is 41.5. The first-order valence-electron chi connectivity index (χ1n) is 9.80. The van der Waals surface area contributed by atoms with E-state index in [0.717, 1.165) is 4.57 Å². The Morgan fingerprint density at radius 2 is 1.80 bits per heavy atom. The summed E-state index contributed by atoms with van der Waals surface area (Å²) in [6.07, 6.45) is 0. The van der Waals surface area contributed by atoms with Crippen LogP contribution in [0.25, 0.3) is 16.6 Å². The van der Waals surface area contributed by atoms with Gasteiger partial charge in [0.15, 0.2) is 0 Å². The highest BCUT2D eigenvalue weighted by Gasteiger charge is 2.27. The predicted molar refractivity (Wildman–Crippen MR) is 112 cm³/mol. The number of para-hydroxylation sites is 1. The first-order valence-corrected chi connectivity index (χ1v) is 9.80. The molecule has 0 N–H and O–H groups in total. The average molecular weight is 409 g/mol. The van der Waals surface area contributed by atoms with Gasteiger partial charge in [-0.1, -0.05) is 18.2 Å². The number of rotatable bonds is 4. The van der Waals surface area contributed by atoms with Crippen molar-refractivity contribution in [3.63, 3.8) is 0 Å². The van der Waals surface area contributed by atoms with Gasteiger partial charge in [-0.05, 0) is 31.2 Å². The van der Waals surface area contributed by atoms with Gasteiger partial charge in [0.1, 0.15) is 11.8 Å². The fraction of sp³-hybridized carbons (Fsp3) is 0.318. The Hall–Kier alpha value is -3.39. The first-order chi connectivity index (χ1) is 14.5. The molecule has 1 atom stereocenters. The van der Waals surface area contributed by atoms with E-state index in [-0.39, 0.29) is 5.91 Å². The van der Waals surface area contributed by atoms with Crippen LogP contribution in [0, 0.1) is 0 Å². The van der Waals surface area contributed by atoms with Crippen molar-refractivity contribution < 1.29 is 14.3 Å². The van der Waals surface area contributed by atoms with Crippen LogP contribution in [0.15, 0.2) is 58.1 Å². The van der Waals surface area contributed by atoms with Crippen LogP contribution < -0.4 is 16.0 Å². The number of methoxy groups -OCH3 is 1. The monoisotopic (exact) mass is 409 g/mol. The molecule has 4 rings (SSSR count). The SMILES string of the molecule is COc1cccc(-n2c(=O)c3ccccc3n([C@H](C)C(=O)N3CCOCC3)c2=O)c1. The van der Waals surface area contributed by atoms with Crippen LogP contribution in [-0.2, 0) is 9.53 Å². The minimum absolute atomic E-state index is 0.179. The highest BCUT2D eigenvalue weighted by Crippen LogP contribution is 2.19. The number of benzene rings is 2. The van der Waals surface area contributed by atoms with Crippen LogP contribution in [0.4, 0.5) is 0 Å². The van der Waals surface area contributed by atoms with E-state index in [4.69, 9.17) is 9.47 Å². The summed E-state index contributed by atoms with van der Waals surface area (Å²) in [6.45, 7) is 3.58. The van der Waals surface area contributed by atoms with Gasteiger partial charge in [-0.25, -0.2) is 9.36 Å². The summed E-state index contributed by atoms with van der Waals surface area (Å²) in [5, 5.41) is 0.363. The second-order valence-corrected chi connectivity index (χ2v) is 7.13. The lowest BCUT2D eigenvalue weighted by Crippen LogP contribution is -2.47. The highest BCUT2D eigenvalue weighted by atomic mass is 16.5. The summed E-state index contributed by atoms with van der Waals surface area (Å²) in [5.74, 6) is 0.345. The van der Waals surface area contributed by atoms with E-state index >= 15 is 0 Å². The van der Waals surface area contributed by atoms with Gasteiger partial charge in [-0.15, -0.1) is 0 Å². The lowest BCUT2D eigenvalue weighted by atomic mass is 10.2. The number of carbonyl (C=O) groups excluding carboxylic acids is 1. The lowest BCUT2D eigenvalue weighted by molar-refractivity contribution is -0.138. The first kappa shape index (κ1) is 19.9. The minimum Gasteiger partial charge on any atom is -0.497 e. The third kappa shape index (κ3) is 3.39. The lowest BCUT2D eigenvalue weighted by Gasteiger charge is -2.30. The van der Waals surface area contributed by atoms with Gasteiger partial charge >= 0.3 is 5.69 Å². The molecule has 1 aromatic heterocycles. The van der Waals surface area contributed by atoms with Crippen molar-refractivity contribution >= 4 is 16.8 Å². The normalized spacial score (nSPS) is 15.2. The number of aromatic nitrogens is 2. The van der Waals surface area contributed by atoms with Crippen LogP contribution >= 0.6 is 0 Å². The van der Waals surface area contributed by atoms with Crippen molar-refractivity contribution in [3.05, 3.63) is 69.4 Å². The van der Waals surface area contributed by atoms with E-state index in [1.54, 1.807) is 60.4 Å². The van der Waals surface area contributed by atoms with Crippen LogP contribution in [0.3, 0.4) is 0 Å². The zero-order valence-corrected chi connectivity index (χ0v) is 16.9. The zero-order valence-electron chi connectivity index (χ0n) is 16.9. The molecule has 30 heavy (non-hydrogen) atoms. The molecule has 1 fully saturated rings. The smallest absolute Gasteiger partial charge is 0.336 e. The van der Waals surface area contributed by atoms with Crippen molar-refractivity contribution in [3.8, 4) is 11.4 Å². The molecule has 0 spiro atoms. The Balaban J connectivity index is 1.94. The van der Waals surface area contributed by atoms with Gasteiger partial charge < -0.3 is 14.4 Å². The van der Waals surface area contributed by atoms with Crippen molar-refractivity contribution in [2.24, 2.45) is 0 Å². The average Bonchev–Trinajstić information content (AvgIpc) is 2.79. The molecule has 8 nitrogen and oxygen atoms in total. The summed E-state index contributed by atoms with van der Waals surface area (Å²) in [5.41, 5.74) is -0.192. The van der Waals surface area contributed by atoms with Crippen molar-refractivity contribution in [2.75, 3.05) is 33.4 Å². The number of fused-ring (bicyclic) bond motifs is 1. The molecule has 1 saturated heterocycles. The van der Waals surface area contributed by atoms with Crippen molar-refractivity contribution in [1.82, 2.24) is 14.0 Å². The second kappa shape index (κ2) is 8.16. The summed E-state index contributed by atoms with van der Waals surface area (Å²) >= 11 is 0. The molecule has 1 aliphatic heterocycles. The predicted octanol–water partition coefficient (Wildman–Crippen LogP) is 1.58. The Morgan fingerprint density at radius 1 is 1.07 bits per heavy atom. The molecule has 2 heterocycles. The van der Waals surface area contributed by atoms with Gasteiger partial charge in [0.05, 0.1) is 36.9 Å². The standard InChI is InChI=1S/C22H23N3O5/c1-15(20(26)23-10-12-30-13-11-23)24-19-9-4-3-8-18(19)21(27)25(22(24)28)16-6-5-7-17(14-16)29-2/h3-9,14-15H,10-13H2,1-2H3/t15-/m1/s1. The van der Waals surface area contributed by atoms with Crippen molar-refractivity contribution in [1.29, 1.82) is 0 Å². The molecule has 156 valence electrons. The van der Waals surface area contributed by atoms with Crippen LogP contribution in [-0.4, -0.2) is 53.4 Å². The maximum atomic E-state index is 13.5. The molecule has 0 radical (unpaired) electrons. The Kier molecular flexibility index (Phi) is 5.41. The summed E-state index contributed by atoms with van der Waals surface area (Å²) < 4.78 is 13.1. The maximum absolute atomic E-state index is 13.5. The van der Waals surface area contributed by atoms with Gasteiger partial charge in [-0.3, -0.25) is 14.2 Å². The molecular weight excluding hydrogens is 386 g/mol. The number of nitrogens with zero attached hydrogens (tertiary/aromatic N) is 3. The fourth-order valence-electron chi connectivity index (χ4n) is 3.79. The zero-order chi connectivity index (χ0) is 21.3. The van der Waals surface area contributed by atoms with E-state index in [1.807, 2.05) is 0 Å². The topological polar surface area (TPSA) is 82.8 Å². The van der Waals surface area contributed by atoms with Crippen LogP contribution in [0.5, 0.6) is 5.75 Å². The molecule has 0 unspecified atom stereocenters. The van der Waals surface area contributed by atoms with E-state index in [0.29, 0.717) is 48.6 Å². The molecular formula is C22H23N3O5. The van der Waals surface area contributed by atoms with Gasteiger partial charge in [0, 0.05) is 19.2 Å². The molecule has 2 aromatic carbocycles. The fourth-order valence-corrected chi connectivity index (χ4v) is 3.79. The number of carbonyl (C=O) groups is 1. The van der Waals surface area contributed by atoms with Crippen LogP contribution in [0.1, 0.15) is 13.0 Å². The number of amides is 1.